The van der Waals surface area contributed by atoms with Crippen LogP contribution in [0.25, 0.3) is 0 Å². The van der Waals surface area contributed by atoms with Gasteiger partial charge in [0.25, 0.3) is 0 Å². The molecule has 2 rings (SSSR count). The molecule has 1 aromatic carbocycles. The molecule has 1 aromatic heterocycles. The number of hydrogen-bond acceptors (Lipinski definition) is 3. The summed E-state index contributed by atoms with van der Waals surface area (Å²) in [4.78, 5) is 17.5. The minimum atomic E-state index is -0.0476. The number of phenols is 1. The monoisotopic (exact) mass is 242 g/mol. The molecule has 0 spiro atoms. The van der Waals surface area contributed by atoms with Crippen molar-refractivity contribution in [3.8, 4) is 5.75 Å². The van der Waals surface area contributed by atoms with Gasteiger partial charge in [-0.1, -0.05) is 12.1 Å². The molecule has 0 saturated carbocycles. The molecule has 18 heavy (non-hydrogen) atoms. The van der Waals surface area contributed by atoms with Gasteiger partial charge in [-0.15, -0.1) is 0 Å². The molecule has 0 aliphatic rings. The first-order chi connectivity index (χ1) is 8.66. The molecule has 1 heterocycles. The number of benzene rings is 1. The van der Waals surface area contributed by atoms with Crippen molar-refractivity contribution in [2.45, 2.75) is 6.42 Å². The van der Waals surface area contributed by atoms with Crippen molar-refractivity contribution in [2.24, 2.45) is 0 Å². The average Bonchev–Trinajstić information content (AvgIpc) is 2.39. The van der Waals surface area contributed by atoms with Crippen molar-refractivity contribution in [2.75, 3.05) is 11.9 Å². The van der Waals surface area contributed by atoms with E-state index in [1.54, 1.807) is 49.8 Å². The van der Waals surface area contributed by atoms with Crippen LogP contribution in [-0.4, -0.2) is 23.0 Å². The van der Waals surface area contributed by atoms with Crippen LogP contribution in [0.2, 0.25) is 0 Å². The summed E-state index contributed by atoms with van der Waals surface area (Å²) in [5.74, 6) is 0.0992. The zero-order valence-corrected chi connectivity index (χ0v) is 10.1. The highest BCUT2D eigenvalue weighted by Gasteiger charge is 2.11. The fourth-order valence-corrected chi connectivity index (χ4v) is 1.64. The third-order valence-electron chi connectivity index (χ3n) is 2.67. The fourth-order valence-electron chi connectivity index (χ4n) is 1.64. The number of rotatable bonds is 3. The van der Waals surface area contributed by atoms with E-state index >= 15 is 0 Å². The van der Waals surface area contributed by atoms with Crippen molar-refractivity contribution in [3.63, 3.8) is 0 Å². The molecule has 0 radical (unpaired) electrons. The summed E-state index contributed by atoms with van der Waals surface area (Å²) >= 11 is 0. The highest BCUT2D eigenvalue weighted by molar-refractivity contribution is 5.94. The number of hydrogen-bond donors (Lipinski definition) is 1. The maximum atomic E-state index is 12.0. The summed E-state index contributed by atoms with van der Waals surface area (Å²) in [5, 5.41) is 9.39. The van der Waals surface area contributed by atoms with Gasteiger partial charge in [-0.25, -0.2) is 0 Å². The molecule has 4 heteroatoms. The van der Waals surface area contributed by atoms with Crippen LogP contribution in [0.1, 0.15) is 5.56 Å². The van der Waals surface area contributed by atoms with Crippen molar-refractivity contribution in [1.82, 2.24) is 4.98 Å². The largest absolute Gasteiger partial charge is 0.508 e. The topological polar surface area (TPSA) is 53.4 Å². The van der Waals surface area contributed by atoms with E-state index in [1.807, 2.05) is 6.07 Å². The molecule has 0 atom stereocenters. The number of carbonyl (C=O) groups excluding carboxylic acids is 1. The Kier molecular flexibility index (Phi) is 3.57. The predicted molar refractivity (Wildman–Crippen MR) is 69.5 cm³/mol. The van der Waals surface area contributed by atoms with Crippen LogP contribution in [0.5, 0.6) is 5.75 Å². The predicted octanol–water partition coefficient (Wildman–Crippen LogP) is 1.99. The van der Waals surface area contributed by atoms with Crippen LogP contribution >= 0.6 is 0 Å². The lowest BCUT2D eigenvalue weighted by Crippen LogP contribution is -2.27. The number of likely N-dealkylation sites (N-methyl/N-ethyl adjacent to an activating group) is 1. The van der Waals surface area contributed by atoms with Gasteiger partial charge in [-0.2, -0.15) is 0 Å². The number of aromatic nitrogens is 1. The van der Waals surface area contributed by atoms with Crippen LogP contribution in [0.4, 0.5) is 5.69 Å². The standard InChI is InChI=1S/C14H14N2O2/c1-16(12-5-2-6-13(17)9-12)14(18)8-11-4-3-7-15-10-11/h2-7,9-10,17H,8H2,1H3. The van der Waals surface area contributed by atoms with Gasteiger partial charge in [-0.05, 0) is 23.8 Å². The third kappa shape index (κ3) is 2.85. The highest BCUT2D eigenvalue weighted by Crippen LogP contribution is 2.19. The molecule has 92 valence electrons. The van der Waals surface area contributed by atoms with Gasteiger partial charge in [0.2, 0.25) is 5.91 Å². The van der Waals surface area contributed by atoms with E-state index in [-0.39, 0.29) is 11.7 Å². The number of carbonyl (C=O) groups is 1. The normalized spacial score (nSPS) is 10.1. The Morgan fingerprint density at radius 3 is 2.83 bits per heavy atom. The maximum Gasteiger partial charge on any atom is 0.231 e. The zero-order valence-electron chi connectivity index (χ0n) is 10.1. The lowest BCUT2D eigenvalue weighted by molar-refractivity contribution is -0.117. The Morgan fingerprint density at radius 2 is 2.17 bits per heavy atom. The van der Waals surface area contributed by atoms with E-state index in [2.05, 4.69) is 4.98 Å². The summed E-state index contributed by atoms with van der Waals surface area (Å²) in [7, 11) is 1.69. The molecule has 0 unspecified atom stereocenters. The Balaban J connectivity index is 2.10. The van der Waals surface area contributed by atoms with Gasteiger partial charge in [0.05, 0.1) is 6.42 Å². The maximum absolute atomic E-state index is 12.0. The summed E-state index contributed by atoms with van der Waals surface area (Å²) in [6, 6.07) is 10.3. The van der Waals surface area contributed by atoms with Crippen LogP contribution in [0.15, 0.2) is 48.8 Å². The van der Waals surface area contributed by atoms with Gasteiger partial charge < -0.3 is 10.0 Å². The van der Waals surface area contributed by atoms with Gasteiger partial charge in [-0.3, -0.25) is 9.78 Å². The Morgan fingerprint density at radius 1 is 1.33 bits per heavy atom. The van der Waals surface area contributed by atoms with Crippen molar-refractivity contribution < 1.29 is 9.90 Å². The number of aromatic hydroxyl groups is 1. The van der Waals surface area contributed by atoms with Gasteiger partial charge >= 0.3 is 0 Å². The molecule has 1 N–H and O–H groups in total. The van der Waals surface area contributed by atoms with E-state index in [0.717, 1.165) is 5.56 Å². The fraction of sp³-hybridized carbons (Fsp3) is 0.143. The van der Waals surface area contributed by atoms with Crippen molar-refractivity contribution >= 4 is 11.6 Å². The van der Waals surface area contributed by atoms with E-state index in [4.69, 9.17) is 0 Å². The van der Waals surface area contributed by atoms with Gasteiger partial charge in [0.1, 0.15) is 5.75 Å². The van der Waals surface area contributed by atoms with Gasteiger partial charge in [0, 0.05) is 31.2 Å². The lowest BCUT2D eigenvalue weighted by atomic mass is 10.2. The SMILES string of the molecule is CN(C(=O)Cc1cccnc1)c1cccc(O)c1. The Labute approximate surface area is 106 Å². The van der Waals surface area contributed by atoms with Crippen LogP contribution in [-0.2, 0) is 11.2 Å². The smallest absolute Gasteiger partial charge is 0.231 e. The summed E-state index contributed by atoms with van der Waals surface area (Å²) in [6.07, 6.45) is 3.64. The summed E-state index contributed by atoms with van der Waals surface area (Å²) < 4.78 is 0. The second-order valence-corrected chi connectivity index (χ2v) is 4.01. The second-order valence-electron chi connectivity index (χ2n) is 4.01. The molecule has 0 fully saturated rings. The first-order valence-corrected chi connectivity index (χ1v) is 5.61. The third-order valence-corrected chi connectivity index (χ3v) is 2.67. The number of nitrogens with zero attached hydrogens (tertiary/aromatic N) is 2. The molecule has 4 nitrogen and oxygen atoms in total. The molecular formula is C14H14N2O2. The van der Waals surface area contributed by atoms with E-state index < -0.39 is 0 Å². The van der Waals surface area contributed by atoms with Crippen molar-refractivity contribution in [1.29, 1.82) is 0 Å². The first-order valence-electron chi connectivity index (χ1n) is 5.61. The summed E-state index contributed by atoms with van der Waals surface area (Å²) in [6.45, 7) is 0. The number of pyridine rings is 1. The average molecular weight is 242 g/mol. The summed E-state index contributed by atoms with van der Waals surface area (Å²) in [5.41, 5.74) is 1.54. The molecule has 0 aliphatic heterocycles. The molecule has 0 bridgehead atoms. The van der Waals surface area contributed by atoms with Gasteiger partial charge in [0.15, 0.2) is 0 Å². The van der Waals surface area contributed by atoms with Crippen LogP contribution in [0, 0.1) is 0 Å². The molecular weight excluding hydrogens is 228 g/mol. The quantitative estimate of drug-likeness (QED) is 0.895. The number of anilines is 1. The number of amides is 1. The van der Waals surface area contributed by atoms with Crippen LogP contribution < -0.4 is 4.90 Å². The second kappa shape index (κ2) is 5.31. The highest BCUT2D eigenvalue weighted by atomic mass is 16.3. The minimum Gasteiger partial charge on any atom is -0.508 e. The molecule has 0 saturated heterocycles. The van der Waals surface area contributed by atoms with Crippen molar-refractivity contribution in [3.05, 3.63) is 54.4 Å². The Bertz CT molecular complexity index is 541. The molecule has 1 amide bonds. The molecule has 0 aliphatic carbocycles. The Hall–Kier alpha value is -2.36. The van der Waals surface area contributed by atoms with Crippen LogP contribution in [0.3, 0.4) is 0 Å². The minimum absolute atomic E-state index is 0.0476. The zero-order chi connectivity index (χ0) is 13.0. The molecule has 2 aromatic rings. The lowest BCUT2D eigenvalue weighted by Gasteiger charge is -2.17. The number of phenolic OH excluding ortho intramolecular Hbond substituents is 1. The van der Waals surface area contributed by atoms with E-state index in [1.165, 1.54) is 4.90 Å². The van der Waals surface area contributed by atoms with E-state index in [0.29, 0.717) is 12.1 Å². The first kappa shape index (κ1) is 12.1. The van der Waals surface area contributed by atoms with E-state index in [9.17, 15) is 9.90 Å².